The van der Waals surface area contributed by atoms with E-state index in [4.69, 9.17) is 9.72 Å². The highest BCUT2D eigenvalue weighted by atomic mass is 19.4. The van der Waals surface area contributed by atoms with Crippen molar-refractivity contribution in [2.75, 3.05) is 39.4 Å². The molecule has 2 N–H and O–H groups in total. The fourth-order valence-electron chi connectivity index (χ4n) is 7.77. The minimum Gasteiger partial charge on any atom is -0.480 e. The Balaban J connectivity index is 1.17. The van der Waals surface area contributed by atoms with Gasteiger partial charge < -0.3 is 15.2 Å². The van der Waals surface area contributed by atoms with Crippen LogP contribution in [0.25, 0.3) is 32.8 Å². The molecule has 3 saturated heterocycles. The van der Waals surface area contributed by atoms with E-state index in [1.807, 2.05) is 53.6 Å². The van der Waals surface area contributed by atoms with Gasteiger partial charge in [-0.05, 0) is 79.1 Å². The van der Waals surface area contributed by atoms with Crippen LogP contribution >= 0.6 is 0 Å². The molecule has 1 amide bonds. The summed E-state index contributed by atoms with van der Waals surface area (Å²) in [7, 11) is 0. The van der Waals surface area contributed by atoms with Crippen LogP contribution < -0.4 is 5.32 Å². The van der Waals surface area contributed by atoms with Crippen molar-refractivity contribution >= 4 is 33.4 Å². The van der Waals surface area contributed by atoms with Gasteiger partial charge in [0.2, 0.25) is 5.91 Å². The van der Waals surface area contributed by atoms with Gasteiger partial charge in [0.15, 0.2) is 0 Å². The van der Waals surface area contributed by atoms with Crippen molar-refractivity contribution in [1.82, 2.24) is 20.1 Å². The van der Waals surface area contributed by atoms with Crippen molar-refractivity contribution in [2.24, 2.45) is 5.41 Å². The number of ether oxygens (including phenoxy) is 1. The van der Waals surface area contributed by atoms with Gasteiger partial charge in [-0.15, -0.1) is 0 Å². The molecule has 0 bridgehead atoms. The first-order chi connectivity index (χ1) is 23.6. The topological polar surface area (TPSA) is 95.0 Å². The first-order valence-corrected chi connectivity index (χ1v) is 17.2. The quantitative estimate of drug-likeness (QED) is 0.219. The molecule has 0 radical (unpaired) electrons. The summed E-state index contributed by atoms with van der Waals surface area (Å²) in [4.78, 5) is 35.3. The second kappa shape index (κ2) is 13.7. The molecule has 7 rings (SSSR count). The lowest BCUT2D eigenvalue weighted by atomic mass is 9.76. The number of halogens is 3. The number of fused-ring (bicyclic) bond motifs is 2. The number of alkyl halides is 3. The van der Waals surface area contributed by atoms with Gasteiger partial charge in [-0.3, -0.25) is 19.6 Å². The number of aliphatic carboxylic acids is 1. The molecular formula is C38H41F3N4O4. The highest BCUT2D eigenvalue weighted by Gasteiger charge is 2.61. The van der Waals surface area contributed by atoms with Gasteiger partial charge in [0, 0.05) is 30.1 Å². The van der Waals surface area contributed by atoms with Gasteiger partial charge in [-0.25, -0.2) is 4.79 Å². The minimum absolute atomic E-state index is 0.0583. The standard InChI is InChI=1S/C38H41F3N4O4/c39-38(40,41)37(14-18-45(19-15-37)27-23-49-24-27)36(48)43-33(35(46)47)20-25-8-6-12-30-28(25)11-7-13-32(30)34-31-10-3-2-9-29(31)26(21-42-34)22-44-16-4-1-5-17-44/h2-3,6-13,21,27,33H,1,4-5,14-20,22-24H2,(H,43,48)(H,46,47)/t33-/m0/s1. The molecule has 8 nitrogen and oxygen atoms in total. The number of nitrogens with one attached hydrogen (secondary N) is 1. The maximum Gasteiger partial charge on any atom is 0.403 e. The number of carbonyl (C=O) groups is 2. The Morgan fingerprint density at radius 2 is 1.53 bits per heavy atom. The fraction of sp³-hybridized carbons (Fsp3) is 0.447. The average Bonchev–Trinajstić information content (AvgIpc) is 3.07. The summed E-state index contributed by atoms with van der Waals surface area (Å²) in [6.07, 6.45) is -0.242. The molecule has 0 unspecified atom stereocenters. The lowest BCUT2D eigenvalue weighted by molar-refractivity contribution is -0.236. The van der Waals surface area contributed by atoms with Crippen LogP contribution in [0, 0.1) is 5.41 Å². The average molecular weight is 675 g/mol. The van der Waals surface area contributed by atoms with Crippen molar-refractivity contribution < 1.29 is 32.6 Å². The lowest BCUT2D eigenvalue weighted by Crippen LogP contribution is -2.61. The van der Waals surface area contributed by atoms with E-state index in [0.29, 0.717) is 18.8 Å². The normalized spacial score (nSPS) is 19.8. The maximum atomic E-state index is 14.6. The Hall–Kier alpha value is -4.06. The number of hydrogen-bond donors (Lipinski definition) is 2. The smallest absolute Gasteiger partial charge is 0.403 e. The fourth-order valence-corrected chi connectivity index (χ4v) is 7.77. The van der Waals surface area contributed by atoms with Gasteiger partial charge >= 0.3 is 12.1 Å². The van der Waals surface area contributed by atoms with Crippen LogP contribution in [0.2, 0.25) is 0 Å². The molecule has 3 fully saturated rings. The van der Waals surface area contributed by atoms with E-state index in [1.165, 1.54) is 24.8 Å². The zero-order valence-electron chi connectivity index (χ0n) is 27.3. The van der Waals surface area contributed by atoms with Gasteiger partial charge in [0.05, 0.1) is 24.9 Å². The van der Waals surface area contributed by atoms with Crippen molar-refractivity contribution in [3.63, 3.8) is 0 Å². The predicted molar refractivity (Wildman–Crippen MR) is 181 cm³/mol. The van der Waals surface area contributed by atoms with Crippen molar-refractivity contribution in [1.29, 1.82) is 0 Å². The third kappa shape index (κ3) is 6.51. The molecule has 0 spiro atoms. The second-order valence-corrected chi connectivity index (χ2v) is 13.7. The second-order valence-electron chi connectivity index (χ2n) is 13.7. The van der Waals surface area contributed by atoms with E-state index in [1.54, 1.807) is 6.07 Å². The molecule has 258 valence electrons. The number of piperidine rings is 2. The first kappa shape index (κ1) is 33.4. The number of carboxylic acid groups (broad SMARTS) is 1. The van der Waals surface area contributed by atoms with Gasteiger partial charge in [-0.2, -0.15) is 13.2 Å². The summed E-state index contributed by atoms with van der Waals surface area (Å²) >= 11 is 0. The Morgan fingerprint density at radius 1 is 0.878 bits per heavy atom. The number of rotatable bonds is 9. The van der Waals surface area contributed by atoms with E-state index in [2.05, 4.69) is 22.3 Å². The van der Waals surface area contributed by atoms with E-state index >= 15 is 0 Å². The van der Waals surface area contributed by atoms with E-state index < -0.39 is 42.4 Å². The zero-order chi connectivity index (χ0) is 34.2. The summed E-state index contributed by atoms with van der Waals surface area (Å²) in [5.74, 6) is -2.67. The third-order valence-corrected chi connectivity index (χ3v) is 10.8. The first-order valence-electron chi connectivity index (χ1n) is 17.2. The summed E-state index contributed by atoms with van der Waals surface area (Å²) in [6.45, 7) is 4.10. The number of benzene rings is 3. The summed E-state index contributed by atoms with van der Waals surface area (Å²) in [5, 5.41) is 16.2. The molecule has 49 heavy (non-hydrogen) atoms. The van der Waals surface area contributed by atoms with Crippen LogP contribution in [-0.2, 0) is 27.3 Å². The van der Waals surface area contributed by atoms with Crippen LogP contribution in [0.15, 0.2) is 66.9 Å². The van der Waals surface area contributed by atoms with Gasteiger partial charge in [-0.1, -0.05) is 67.1 Å². The van der Waals surface area contributed by atoms with Crippen molar-refractivity contribution in [3.8, 4) is 11.3 Å². The molecule has 4 aromatic rings. The van der Waals surface area contributed by atoms with Crippen LogP contribution in [0.4, 0.5) is 13.2 Å². The number of pyridine rings is 1. The Morgan fingerprint density at radius 3 is 2.20 bits per heavy atom. The van der Waals surface area contributed by atoms with Gasteiger partial charge in [0.25, 0.3) is 0 Å². The van der Waals surface area contributed by atoms with Crippen LogP contribution in [0.1, 0.15) is 43.2 Å². The molecule has 11 heteroatoms. The molecule has 3 aliphatic rings. The summed E-state index contributed by atoms with van der Waals surface area (Å²) in [6, 6.07) is 18.0. The number of likely N-dealkylation sites (tertiary alicyclic amines) is 2. The number of carboxylic acids is 1. The Bertz CT molecular complexity index is 1850. The molecule has 4 heterocycles. The monoisotopic (exact) mass is 674 g/mol. The van der Waals surface area contributed by atoms with Crippen molar-refractivity contribution in [2.45, 2.75) is 63.3 Å². The highest BCUT2D eigenvalue weighted by molar-refractivity contribution is 6.05. The molecule has 0 aliphatic carbocycles. The van der Waals surface area contributed by atoms with Crippen molar-refractivity contribution in [3.05, 3.63) is 78.0 Å². The van der Waals surface area contributed by atoms with Gasteiger partial charge in [0.1, 0.15) is 11.5 Å². The zero-order valence-corrected chi connectivity index (χ0v) is 27.3. The molecular weight excluding hydrogens is 633 g/mol. The largest absolute Gasteiger partial charge is 0.480 e. The highest BCUT2D eigenvalue weighted by Crippen LogP contribution is 2.47. The Kier molecular flexibility index (Phi) is 9.34. The molecule has 3 aromatic carbocycles. The molecule has 1 aromatic heterocycles. The maximum absolute atomic E-state index is 14.6. The third-order valence-electron chi connectivity index (χ3n) is 10.8. The van der Waals surface area contributed by atoms with E-state index in [-0.39, 0.29) is 25.6 Å². The number of nitrogens with zero attached hydrogens (tertiary/aromatic N) is 3. The summed E-state index contributed by atoms with van der Waals surface area (Å²) in [5.41, 5.74) is 0.799. The molecule has 0 saturated carbocycles. The number of carbonyl (C=O) groups excluding carboxylic acids is 1. The lowest BCUT2D eigenvalue weighted by Gasteiger charge is -2.46. The molecule has 3 aliphatic heterocycles. The SMILES string of the molecule is O=C(O)[C@H](Cc1cccc2c(-c3ncc(CN4CCCCC4)c4ccccc34)cccc12)NC(=O)C1(C(F)(F)F)CCN(C2COC2)CC1. The van der Waals surface area contributed by atoms with Crippen LogP contribution in [0.3, 0.4) is 0 Å². The number of aromatic nitrogens is 1. The van der Waals surface area contributed by atoms with E-state index in [0.717, 1.165) is 52.4 Å². The minimum atomic E-state index is -4.82. The van der Waals surface area contributed by atoms with Crippen LogP contribution in [0.5, 0.6) is 0 Å². The predicted octanol–water partition coefficient (Wildman–Crippen LogP) is 6.20. The number of amides is 1. The Labute approximate surface area is 283 Å². The van der Waals surface area contributed by atoms with E-state index in [9.17, 15) is 27.9 Å². The molecule has 1 atom stereocenters. The summed E-state index contributed by atoms with van der Waals surface area (Å²) < 4.78 is 48.9. The number of hydrogen-bond acceptors (Lipinski definition) is 6. The van der Waals surface area contributed by atoms with Crippen LogP contribution in [-0.4, -0.2) is 89.4 Å².